The number of benzene rings is 3. The van der Waals surface area contributed by atoms with Gasteiger partial charge in [0.25, 0.3) is 0 Å². The summed E-state index contributed by atoms with van der Waals surface area (Å²) < 4.78 is 27.1. The van der Waals surface area contributed by atoms with Crippen LogP contribution in [-0.4, -0.2) is 71.5 Å². The fraction of sp³-hybridized carbons (Fsp3) is 0.405. The molecule has 1 aliphatic carbocycles. The Kier molecular flexibility index (Phi) is 12.9. The van der Waals surface area contributed by atoms with Crippen LogP contribution in [0.25, 0.3) is 17.2 Å². The predicted molar refractivity (Wildman–Crippen MR) is 176 cm³/mol. The van der Waals surface area contributed by atoms with Crippen LogP contribution in [0.5, 0.6) is 17.2 Å². The number of unbranched alkanes of at least 4 members (excludes halogenated alkanes) is 4. The molecule has 240 valence electrons. The zero-order valence-electron chi connectivity index (χ0n) is 26.9. The number of esters is 2. The second-order valence-corrected chi connectivity index (χ2v) is 11.2. The minimum Gasteiger partial charge on any atom is -0.493 e. The van der Waals surface area contributed by atoms with E-state index in [1.165, 1.54) is 6.08 Å². The fourth-order valence-corrected chi connectivity index (χ4v) is 5.68. The Morgan fingerprint density at radius 2 is 1.24 bits per heavy atom. The van der Waals surface area contributed by atoms with Crippen LogP contribution in [0.4, 0.5) is 0 Å². The van der Waals surface area contributed by atoms with Crippen LogP contribution in [0.2, 0.25) is 0 Å². The molecule has 0 radical (unpaired) electrons. The smallest absolute Gasteiger partial charge is 0.330 e. The van der Waals surface area contributed by atoms with E-state index in [4.69, 9.17) is 23.7 Å². The van der Waals surface area contributed by atoms with Gasteiger partial charge in [0.1, 0.15) is 5.92 Å². The molecule has 45 heavy (non-hydrogen) atoms. The molecule has 0 N–H and O–H groups in total. The lowest BCUT2D eigenvalue weighted by Gasteiger charge is -2.16. The lowest BCUT2D eigenvalue weighted by molar-refractivity contribution is -0.144. The molecule has 1 aliphatic rings. The number of methoxy groups -OCH3 is 3. The molecule has 0 unspecified atom stereocenters. The summed E-state index contributed by atoms with van der Waals surface area (Å²) in [7, 11) is 6.77. The van der Waals surface area contributed by atoms with Gasteiger partial charge in [0.2, 0.25) is 5.75 Å². The molecule has 0 fully saturated rings. The van der Waals surface area contributed by atoms with Crippen LogP contribution in [0.3, 0.4) is 0 Å². The Balaban J connectivity index is 1.04. The Bertz CT molecular complexity index is 1380. The van der Waals surface area contributed by atoms with Crippen molar-refractivity contribution >= 4 is 18.0 Å². The molecule has 0 heterocycles. The Labute approximate surface area is 266 Å². The number of carbonyl (C=O) groups excluding carboxylic acids is 2. The summed E-state index contributed by atoms with van der Waals surface area (Å²) in [5.41, 5.74) is 5.06. The molecule has 0 atom stereocenters. The topological polar surface area (TPSA) is 83.5 Å². The molecule has 0 aromatic heterocycles. The number of rotatable bonds is 18. The third kappa shape index (κ3) is 9.11. The monoisotopic (exact) mass is 615 g/mol. The van der Waals surface area contributed by atoms with Crippen molar-refractivity contribution < 1.29 is 33.3 Å². The first kappa shape index (κ1) is 33.6. The van der Waals surface area contributed by atoms with Gasteiger partial charge in [-0.15, -0.1) is 0 Å². The Hall–Kier alpha value is -4.30. The number of carbonyl (C=O) groups is 2. The van der Waals surface area contributed by atoms with E-state index in [-0.39, 0.29) is 17.9 Å². The summed E-state index contributed by atoms with van der Waals surface area (Å²) in [5, 5.41) is 0. The van der Waals surface area contributed by atoms with E-state index < -0.39 is 0 Å². The third-order valence-corrected chi connectivity index (χ3v) is 8.03. The van der Waals surface area contributed by atoms with E-state index in [2.05, 4.69) is 24.1 Å². The van der Waals surface area contributed by atoms with Crippen LogP contribution >= 0.6 is 0 Å². The average molecular weight is 616 g/mol. The van der Waals surface area contributed by atoms with Gasteiger partial charge < -0.3 is 28.6 Å². The normalized spacial score (nSPS) is 12.2. The van der Waals surface area contributed by atoms with Crippen molar-refractivity contribution in [3.8, 4) is 28.4 Å². The molecule has 0 amide bonds. The lowest BCUT2D eigenvalue weighted by Crippen LogP contribution is -2.21. The summed E-state index contributed by atoms with van der Waals surface area (Å²) in [6.07, 6.45) is 8.83. The van der Waals surface area contributed by atoms with Crippen molar-refractivity contribution in [1.82, 2.24) is 4.90 Å². The predicted octanol–water partition coefficient (Wildman–Crippen LogP) is 6.90. The van der Waals surface area contributed by atoms with E-state index >= 15 is 0 Å². The van der Waals surface area contributed by atoms with E-state index in [1.807, 2.05) is 36.4 Å². The summed E-state index contributed by atoms with van der Waals surface area (Å²) >= 11 is 0. The van der Waals surface area contributed by atoms with Crippen LogP contribution in [0, 0.1) is 0 Å². The molecule has 0 bridgehead atoms. The Morgan fingerprint density at radius 1 is 0.711 bits per heavy atom. The Morgan fingerprint density at radius 3 is 1.78 bits per heavy atom. The zero-order valence-corrected chi connectivity index (χ0v) is 26.9. The summed E-state index contributed by atoms with van der Waals surface area (Å²) in [6.45, 7) is 2.82. The molecule has 0 saturated heterocycles. The van der Waals surface area contributed by atoms with Crippen molar-refractivity contribution in [3.63, 3.8) is 0 Å². The van der Waals surface area contributed by atoms with Gasteiger partial charge in [-0.1, -0.05) is 48.5 Å². The molecular formula is C37H45NO7. The van der Waals surface area contributed by atoms with Gasteiger partial charge in [-0.05, 0) is 105 Å². The number of hydrogen-bond acceptors (Lipinski definition) is 8. The van der Waals surface area contributed by atoms with Crippen molar-refractivity contribution in [2.24, 2.45) is 0 Å². The third-order valence-electron chi connectivity index (χ3n) is 8.03. The number of fused-ring (bicyclic) bond motifs is 3. The molecule has 8 heteroatoms. The van der Waals surface area contributed by atoms with Crippen LogP contribution in [-0.2, 0) is 19.1 Å². The first-order chi connectivity index (χ1) is 22.0. The largest absolute Gasteiger partial charge is 0.493 e. The van der Waals surface area contributed by atoms with E-state index in [9.17, 15) is 9.59 Å². The molecular weight excluding hydrogens is 570 g/mol. The minimum atomic E-state index is -0.385. The maximum absolute atomic E-state index is 13.0. The van der Waals surface area contributed by atoms with Gasteiger partial charge in [-0.2, -0.15) is 0 Å². The van der Waals surface area contributed by atoms with Crippen LogP contribution in [0.15, 0.2) is 66.7 Å². The highest BCUT2D eigenvalue weighted by atomic mass is 16.5. The second kappa shape index (κ2) is 17.3. The zero-order chi connectivity index (χ0) is 32.0. The molecule has 4 rings (SSSR count). The highest BCUT2D eigenvalue weighted by Gasteiger charge is 2.34. The fourth-order valence-electron chi connectivity index (χ4n) is 5.68. The van der Waals surface area contributed by atoms with Crippen LogP contribution < -0.4 is 14.2 Å². The molecule has 3 aromatic carbocycles. The van der Waals surface area contributed by atoms with Gasteiger partial charge in [-0.3, -0.25) is 4.79 Å². The van der Waals surface area contributed by atoms with Crippen molar-refractivity contribution in [3.05, 3.63) is 83.4 Å². The number of ether oxygens (including phenoxy) is 5. The molecule has 8 nitrogen and oxygen atoms in total. The lowest BCUT2D eigenvalue weighted by atomic mass is 9.97. The van der Waals surface area contributed by atoms with Crippen LogP contribution in [0.1, 0.15) is 61.1 Å². The standard InChI is InChI=1S/C37H45NO7/c1-38(21-11-5-13-23-44-34(39)20-19-27-25-32(41-2)36(43-4)33(26-27)42-3)22-12-6-14-24-45-37(40)35-30-17-9-7-15-28(30)29-16-8-10-18-31(29)35/h7-10,15-20,25-26,35H,5-6,11-14,21-24H2,1-4H3/b20-19+. The van der Waals surface area contributed by atoms with Gasteiger partial charge >= 0.3 is 11.9 Å². The number of hydrogen-bond donors (Lipinski definition) is 0. The highest BCUT2D eigenvalue weighted by molar-refractivity contribution is 5.93. The van der Waals surface area contributed by atoms with E-state index in [0.29, 0.717) is 30.5 Å². The SMILES string of the molecule is COc1cc(/C=C/C(=O)OCCCCCN(C)CCCCCOC(=O)C2c3ccccc3-c3ccccc32)cc(OC)c1OC. The van der Waals surface area contributed by atoms with Crippen molar-refractivity contribution in [1.29, 1.82) is 0 Å². The second-order valence-electron chi connectivity index (χ2n) is 11.2. The van der Waals surface area contributed by atoms with E-state index in [0.717, 1.165) is 79.4 Å². The summed E-state index contributed by atoms with van der Waals surface area (Å²) in [4.78, 5) is 27.5. The number of nitrogens with zero attached hydrogens (tertiary/aromatic N) is 1. The van der Waals surface area contributed by atoms with Crippen molar-refractivity contribution in [2.45, 2.75) is 44.4 Å². The van der Waals surface area contributed by atoms with Crippen molar-refractivity contribution in [2.75, 3.05) is 54.7 Å². The van der Waals surface area contributed by atoms with Gasteiger partial charge in [-0.25, -0.2) is 4.79 Å². The van der Waals surface area contributed by atoms with E-state index in [1.54, 1.807) is 39.5 Å². The quantitative estimate of drug-likeness (QED) is 0.0869. The maximum atomic E-state index is 13.0. The minimum absolute atomic E-state index is 0.162. The van der Waals surface area contributed by atoms with Gasteiger partial charge in [0, 0.05) is 6.08 Å². The molecule has 0 spiro atoms. The molecule has 0 aliphatic heterocycles. The highest BCUT2D eigenvalue weighted by Crippen LogP contribution is 2.45. The molecule has 3 aromatic rings. The summed E-state index contributed by atoms with van der Waals surface area (Å²) in [6, 6.07) is 19.7. The first-order valence-electron chi connectivity index (χ1n) is 15.6. The summed E-state index contributed by atoms with van der Waals surface area (Å²) in [5.74, 6) is 0.662. The average Bonchev–Trinajstić information content (AvgIpc) is 3.40. The first-order valence-corrected chi connectivity index (χ1v) is 15.6. The maximum Gasteiger partial charge on any atom is 0.330 e. The van der Waals surface area contributed by atoms with Gasteiger partial charge in [0.05, 0.1) is 34.5 Å². The molecule has 0 saturated carbocycles. The van der Waals surface area contributed by atoms with Gasteiger partial charge in [0.15, 0.2) is 11.5 Å².